The number of amides is 1. The topological polar surface area (TPSA) is 70.5 Å². The van der Waals surface area contributed by atoms with Crippen LogP contribution >= 0.6 is 23.2 Å². The Morgan fingerprint density at radius 1 is 1.50 bits per heavy atom. The van der Waals surface area contributed by atoms with Crippen molar-refractivity contribution < 1.29 is 14.7 Å². The molecule has 0 aliphatic rings. The number of carbonyl (C=O) groups excluding carboxylic acids is 1. The molecular weight excluding hydrogens is 279 g/mol. The molecule has 0 spiro atoms. The van der Waals surface area contributed by atoms with Gasteiger partial charge in [0, 0.05) is 6.20 Å². The summed E-state index contributed by atoms with van der Waals surface area (Å²) in [6.07, 6.45) is 6.29. The molecule has 18 heavy (non-hydrogen) atoms. The summed E-state index contributed by atoms with van der Waals surface area (Å²) in [4.78, 5) is 27.3. The van der Waals surface area contributed by atoms with E-state index in [1.165, 1.54) is 12.3 Å². The zero-order chi connectivity index (χ0) is 13.7. The van der Waals surface area contributed by atoms with Crippen LogP contribution in [0.5, 0.6) is 0 Å². The molecule has 5 nitrogen and oxygen atoms in total. The molecule has 0 saturated heterocycles. The molecule has 1 aromatic heterocycles. The Morgan fingerprint density at radius 2 is 2.17 bits per heavy atom. The molecule has 0 saturated carbocycles. The predicted octanol–water partition coefficient (Wildman–Crippen LogP) is 1.55. The second-order valence-corrected chi connectivity index (χ2v) is 4.02. The van der Waals surface area contributed by atoms with Crippen LogP contribution < -0.4 is 0 Å². The molecule has 0 aliphatic carbocycles. The van der Waals surface area contributed by atoms with E-state index in [1.54, 1.807) is 0 Å². The van der Waals surface area contributed by atoms with E-state index >= 15 is 0 Å². The lowest BCUT2D eigenvalue weighted by Crippen LogP contribution is -2.36. The first-order valence-corrected chi connectivity index (χ1v) is 5.47. The second kappa shape index (κ2) is 6.24. The number of aliphatic carboxylic acids is 1. The Kier molecular flexibility index (Phi) is 4.95. The fraction of sp³-hybridized carbons (Fsp3) is 0.182. The van der Waals surface area contributed by atoms with Gasteiger partial charge in [-0.05, 0) is 6.07 Å². The van der Waals surface area contributed by atoms with Crippen molar-refractivity contribution in [2.24, 2.45) is 0 Å². The van der Waals surface area contributed by atoms with Crippen LogP contribution in [-0.2, 0) is 4.79 Å². The van der Waals surface area contributed by atoms with Gasteiger partial charge < -0.3 is 10.0 Å². The molecule has 7 heteroatoms. The minimum atomic E-state index is -1.16. The molecule has 0 radical (unpaired) electrons. The molecule has 0 fully saturated rings. The molecule has 1 aromatic rings. The summed E-state index contributed by atoms with van der Waals surface area (Å²) in [7, 11) is 0. The van der Waals surface area contributed by atoms with E-state index in [4.69, 9.17) is 34.7 Å². The highest BCUT2D eigenvalue weighted by molar-refractivity contribution is 6.41. The van der Waals surface area contributed by atoms with E-state index in [0.29, 0.717) is 0 Å². The summed E-state index contributed by atoms with van der Waals surface area (Å²) in [5.74, 6) is 0.483. The average molecular weight is 287 g/mol. The zero-order valence-corrected chi connectivity index (χ0v) is 10.6. The third-order valence-corrected chi connectivity index (χ3v) is 2.62. The number of rotatable bonds is 4. The van der Waals surface area contributed by atoms with E-state index in [-0.39, 0.29) is 22.3 Å². The van der Waals surface area contributed by atoms with E-state index in [1.807, 2.05) is 0 Å². The number of terminal acetylenes is 1. The predicted molar refractivity (Wildman–Crippen MR) is 66.6 cm³/mol. The molecule has 0 bridgehead atoms. The molecule has 0 aromatic carbocycles. The Balaban J connectivity index is 2.98. The monoisotopic (exact) mass is 286 g/mol. The molecular formula is C11H8Cl2N2O3. The van der Waals surface area contributed by atoms with Crippen molar-refractivity contribution in [3.8, 4) is 12.3 Å². The van der Waals surface area contributed by atoms with Crippen molar-refractivity contribution in [1.82, 2.24) is 9.88 Å². The van der Waals surface area contributed by atoms with Gasteiger partial charge in [0.1, 0.15) is 11.7 Å². The van der Waals surface area contributed by atoms with Crippen LogP contribution in [0.1, 0.15) is 10.4 Å². The second-order valence-electron chi connectivity index (χ2n) is 3.26. The zero-order valence-electron chi connectivity index (χ0n) is 9.06. The number of hydrogen-bond donors (Lipinski definition) is 1. The van der Waals surface area contributed by atoms with Gasteiger partial charge in [0.2, 0.25) is 0 Å². The first kappa shape index (κ1) is 14.3. The lowest BCUT2D eigenvalue weighted by Gasteiger charge is -2.17. The van der Waals surface area contributed by atoms with Crippen LogP contribution in [0.15, 0.2) is 12.3 Å². The molecule has 94 valence electrons. The molecule has 1 rings (SSSR count). The van der Waals surface area contributed by atoms with Crippen molar-refractivity contribution in [3.05, 3.63) is 28.0 Å². The Bertz CT molecular complexity index is 526. The summed E-state index contributed by atoms with van der Waals surface area (Å²) in [6.45, 7) is -0.616. The van der Waals surface area contributed by atoms with Gasteiger partial charge in [-0.25, -0.2) is 4.98 Å². The number of carboxylic acid groups (broad SMARTS) is 1. The summed E-state index contributed by atoms with van der Waals surface area (Å²) in [6, 6.07) is 1.31. The lowest BCUT2D eigenvalue weighted by atomic mass is 10.2. The molecule has 1 heterocycles. The maximum absolute atomic E-state index is 12.0. The van der Waals surface area contributed by atoms with E-state index < -0.39 is 18.4 Å². The number of pyridine rings is 1. The van der Waals surface area contributed by atoms with E-state index in [2.05, 4.69) is 10.9 Å². The van der Waals surface area contributed by atoms with Crippen molar-refractivity contribution in [2.75, 3.05) is 13.1 Å². The molecule has 0 aliphatic heterocycles. The minimum absolute atomic E-state index is 0.0648. The third-order valence-electron chi connectivity index (χ3n) is 1.94. The highest BCUT2D eigenvalue weighted by Gasteiger charge is 2.18. The highest BCUT2D eigenvalue weighted by Crippen LogP contribution is 2.20. The lowest BCUT2D eigenvalue weighted by molar-refractivity contribution is -0.137. The summed E-state index contributed by atoms with van der Waals surface area (Å²) in [5, 5.41) is 8.85. The molecule has 0 atom stereocenters. The number of nitrogens with zero attached hydrogens (tertiary/aromatic N) is 2. The minimum Gasteiger partial charge on any atom is -0.480 e. The van der Waals surface area contributed by atoms with Gasteiger partial charge in [0.05, 0.1) is 17.1 Å². The number of carbonyl (C=O) groups is 2. The van der Waals surface area contributed by atoms with E-state index in [0.717, 1.165) is 4.90 Å². The van der Waals surface area contributed by atoms with Crippen LogP contribution in [-0.4, -0.2) is 40.0 Å². The fourth-order valence-corrected chi connectivity index (χ4v) is 1.46. The number of hydrogen-bond acceptors (Lipinski definition) is 3. The van der Waals surface area contributed by atoms with Crippen LogP contribution in [0.2, 0.25) is 10.2 Å². The Labute approximate surface area is 113 Å². The number of carboxylic acids is 1. The van der Waals surface area contributed by atoms with Crippen molar-refractivity contribution in [2.45, 2.75) is 0 Å². The summed E-state index contributed by atoms with van der Waals surface area (Å²) in [5.41, 5.74) is 0.126. The summed E-state index contributed by atoms with van der Waals surface area (Å²) < 4.78 is 0. The van der Waals surface area contributed by atoms with Gasteiger partial charge in [0.25, 0.3) is 5.91 Å². The van der Waals surface area contributed by atoms with Crippen molar-refractivity contribution in [1.29, 1.82) is 0 Å². The van der Waals surface area contributed by atoms with Gasteiger partial charge in [-0.1, -0.05) is 29.1 Å². The third kappa shape index (κ3) is 3.62. The van der Waals surface area contributed by atoms with Gasteiger partial charge in [-0.2, -0.15) is 0 Å². The maximum atomic E-state index is 12.0. The highest BCUT2D eigenvalue weighted by atomic mass is 35.5. The van der Waals surface area contributed by atoms with Crippen LogP contribution in [0, 0.1) is 12.3 Å². The standard InChI is InChI=1S/C11H8Cl2N2O3/c1-2-3-15(6-9(16)17)11(18)7-4-8(12)10(13)14-5-7/h1,4-5H,3,6H2,(H,16,17). The van der Waals surface area contributed by atoms with Gasteiger partial charge in [-0.3, -0.25) is 9.59 Å². The maximum Gasteiger partial charge on any atom is 0.323 e. The van der Waals surface area contributed by atoms with Gasteiger partial charge in [-0.15, -0.1) is 6.42 Å². The Hall–Kier alpha value is -1.77. The quantitative estimate of drug-likeness (QED) is 0.673. The molecule has 1 amide bonds. The smallest absolute Gasteiger partial charge is 0.323 e. The molecule has 0 unspecified atom stereocenters. The summed E-state index contributed by atoms with van der Waals surface area (Å²) >= 11 is 11.3. The molecule has 1 N–H and O–H groups in total. The van der Waals surface area contributed by atoms with Gasteiger partial charge in [0.15, 0.2) is 0 Å². The normalized spacial score (nSPS) is 9.61. The van der Waals surface area contributed by atoms with Crippen LogP contribution in [0.3, 0.4) is 0 Å². The fourth-order valence-electron chi connectivity index (χ4n) is 1.19. The van der Waals surface area contributed by atoms with E-state index in [9.17, 15) is 9.59 Å². The first-order chi connectivity index (χ1) is 8.45. The van der Waals surface area contributed by atoms with Crippen LogP contribution in [0.25, 0.3) is 0 Å². The Morgan fingerprint density at radius 3 is 2.67 bits per heavy atom. The first-order valence-electron chi connectivity index (χ1n) is 4.71. The van der Waals surface area contributed by atoms with Crippen molar-refractivity contribution >= 4 is 35.1 Å². The number of halogens is 2. The largest absolute Gasteiger partial charge is 0.480 e. The van der Waals surface area contributed by atoms with Crippen LogP contribution in [0.4, 0.5) is 0 Å². The van der Waals surface area contributed by atoms with Crippen molar-refractivity contribution in [3.63, 3.8) is 0 Å². The SMILES string of the molecule is C#CCN(CC(=O)O)C(=O)c1cnc(Cl)c(Cl)c1. The average Bonchev–Trinajstić information content (AvgIpc) is 2.31. The van der Waals surface area contributed by atoms with Gasteiger partial charge >= 0.3 is 5.97 Å². The number of aromatic nitrogens is 1.